The summed E-state index contributed by atoms with van der Waals surface area (Å²) >= 11 is 0.101. The van der Waals surface area contributed by atoms with Crippen molar-refractivity contribution in [3.05, 3.63) is 59.3 Å². The maximum Gasteiger partial charge on any atom is 0.341 e. The molecule has 0 saturated heterocycles. The lowest BCUT2D eigenvalue weighted by Crippen LogP contribution is -2.09. The van der Waals surface area contributed by atoms with Gasteiger partial charge in [-0.15, -0.1) is 0 Å². The largest absolute Gasteiger partial charge is 0.457 e. The van der Waals surface area contributed by atoms with Crippen LogP contribution >= 0.6 is 11.8 Å². The fourth-order valence-corrected chi connectivity index (χ4v) is 2.17. The van der Waals surface area contributed by atoms with Crippen molar-refractivity contribution in [1.29, 1.82) is 0 Å². The molecule has 0 aliphatic carbocycles. The number of halogens is 4. The van der Waals surface area contributed by atoms with Crippen molar-refractivity contribution in [2.24, 2.45) is 0 Å². The van der Waals surface area contributed by atoms with E-state index in [1.807, 2.05) is 0 Å². The molecule has 1 aromatic heterocycles. The van der Waals surface area contributed by atoms with Crippen molar-refractivity contribution in [2.45, 2.75) is 17.4 Å². The van der Waals surface area contributed by atoms with Crippen molar-refractivity contribution in [3.8, 4) is 0 Å². The Morgan fingerprint density at radius 1 is 1.23 bits per heavy atom. The van der Waals surface area contributed by atoms with E-state index in [0.29, 0.717) is 0 Å². The third-order valence-electron chi connectivity index (χ3n) is 2.58. The fourth-order valence-electron chi connectivity index (χ4n) is 1.61. The first-order chi connectivity index (χ1) is 10.5. The minimum absolute atomic E-state index is 0.101. The lowest BCUT2D eigenvalue weighted by Gasteiger charge is -2.09. The van der Waals surface area contributed by atoms with Crippen molar-refractivity contribution < 1.29 is 27.1 Å². The summed E-state index contributed by atoms with van der Waals surface area (Å²) in [6, 6.07) is 6.10. The van der Waals surface area contributed by atoms with E-state index in [0.717, 1.165) is 6.07 Å². The number of alkyl halides is 2. The molecule has 2 aromatic rings. The maximum absolute atomic E-state index is 13.4. The van der Waals surface area contributed by atoms with E-state index in [9.17, 15) is 22.4 Å². The molecule has 3 nitrogen and oxygen atoms in total. The van der Waals surface area contributed by atoms with Gasteiger partial charge in [0.15, 0.2) is 11.6 Å². The Morgan fingerprint density at radius 3 is 2.73 bits per heavy atom. The number of aromatic nitrogens is 1. The molecule has 1 aromatic carbocycles. The van der Waals surface area contributed by atoms with E-state index in [-0.39, 0.29) is 27.9 Å². The molecule has 0 spiro atoms. The van der Waals surface area contributed by atoms with E-state index >= 15 is 0 Å². The smallest absolute Gasteiger partial charge is 0.341 e. The summed E-state index contributed by atoms with van der Waals surface area (Å²) in [6.45, 7) is -0.518. The minimum Gasteiger partial charge on any atom is -0.457 e. The zero-order chi connectivity index (χ0) is 16.1. The summed E-state index contributed by atoms with van der Waals surface area (Å²) < 4.78 is 56.1. The highest BCUT2D eigenvalue weighted by atomic mass is 32.2. The van der Waals surface area contributed by atoms with Gasteiger partial charge in [0.2, 0.25) is 0 Å². The molecule has 0 saturated carbocycles. The number of benzene rings is 1. The average Bonchev–Trinajstić information content (AvgIpc) is 2.48. The highest BCUT2D eigenvalue weighted by molar-refractivity contribution is 7.99. The monoisotopic (exact) mass is 331 g/mol. The van der Waals surface area contributed by atoms with Crippen molar-refractivity contribution in [3.63, 3.8) is 0 Å². The van der Waals surface area contributed by atoms with Gasteiger partial charge in [-0.2, -0.15) is 8.78 Å². The van der Waals surface area contributed by atoms with Gasteiger partial charge in [-0.3, -0.25) is 0 Å². The summed E-state index contributed by atoms with van der Waals surface area (Å²) in [5.74, 6) is -5.88. The van der Waals surface area contributed by atoms with E-state index in [4.69, 9.17) is 4.74 Å². The first kappa shape index (κ1) is 16.3. The Bertz CT molecular complexity index is 682. The molecule has 0 atom stereocenters. The Hall–Kier alpha value is -2.09. The SMILES string of the molecule is O=C(OCc1cccc(F)c1F)c1cccnc1SC(F)F. The van der Waals surface area contributed by atoms with Crippen LogP contribution in [0, 0.1) is 11.6 Å². The standard InChI is InChI=1S/C14H9F4NO2S/c15-10-5-1-3-8(11(10)16)7-21-13(20)9-4-2-6-19-12(9)22-14(17)18/h1-6,14H,7H2. The van der Waals surface area contributed by atoms with E-state index in [2.05, 4.69) is 4.98 Å². The second-order valence-corrected chi connectivity index (χ2v) is 5.00. The molecule has 0 fully saturated rings. The lowest BCUT2D eigenvalue weighted by atomic mass is 10.2. The van der Waals surface area contributed by atoms with Gasteiger partial charge in [0, 0.05) is 11.8 Å². The number of rotatable bonds is 5. The third kappa shape index (κ3) is 3.97. The van der Waals surface area contributed by atoms with Crippen LogP contribution in [0.25, 0.3) is 0 Å². The average molecular weight is 331 g/mol. The molecule has 0 N–H and O–H groups in total. The third-order valence-corrected chi connectivity index (χ3v) is 3.31. The zero-order valence-corrected chi connectivity index (χ0v) is 11.7. The molecule has 2 rings (SSSR count). The minimum atomic E-state index is -2.75. The summed E-state index contributed by atoms with van der Waals surface area (Å²) in [7, 11) is 0. The van der Waals surface area contributed by atoms with Crippen molar-refractivity contribution >= 4 is 17.7 Å². The summed E-state index contributed by atoms with van der Waals surface area (Å²) in [5, 5.41) is -0.192. The first-order valence-corrected chi connectivity index (χ1v) is 6.87. The molecule has 8 heteroatoms. The molecule has 0 amide bonds. The number of esters is 1. The highest BCUT2D eigenvalue weighted by Gasteiger charge is 2.18. The van der Waals surface area contributed by atoms with Gasteiger partial charge in [-0.05, 0) is 30.0 Å². The molecule has 0 radical (unpaired) electrons. The van der Waals surface area contributed by atoms with Crippen LogP contribution in [0.3, 0.4) is 0 Å². The highest BCUT2D eigenvalue weighted by Crippen LogP contribution is 2.27. The maximum atomic E-state index is 13.4. The lowest BCUT2D eigenvalue weighted by molar-refractivity contribution is 0.0463. The topological polar surface area (TPSA) is 39.2 Å². The number of ether oxygens (including phenoxy) is 1. The predicted octanol–water partition coefficient (Wildman–Crippen LogP) is 4.03. The van der Waals surface area contributed by atoms with Gasteiger partial charge < -0.3 is 4.74 Å². The Morgan fingerprint density at radius 2 is 2.00 bits per heavy atom. The van der Waals surface area contributed by atoms with Crippen LogP contribution in [0.4, 0.5) is 17.6 Å². The molecule has 1 heterocycles. The second kappa shape index (κ2) is 7.26. The number of nitrogens with zero attached hydrogens (tertiary/aromatic N) is 1. The van der Waals surface area contributed by atoms with E-state index < -0.39 is 30.0 Å². The summed E-state index contributed by atoms with van der Waals surface area (Å²) in [6.07, 6.45) is 1.26. The molecule has 0 bridgehead atoms. The Balaban J connectivity index is 2.11. The van der Waals surface area contributed by atoms with Gasteiger partial charge in [0.1, 0.15) is 11.6 Å². The van der Waals surface area contributed by atoms with Crippen LogP contribution in [0.1, 0.15) is 15.9 Å². The van der Waals surface area contributed by atoms with Gasteiger partial charge >= 0.3 is 5.97 Å². The van der Waals surface area contributed by atoms with Crippen LogP contribution in [-0.2, 0) is 11.3 Å². The Labute approximate surface area is 127 Å². The molecule has 22 heavy (non-hydrogen) atoms. The van der Waals surface area contributed by atoms with Gasteiger partial charge in [-0.1, -0.05) is 12.1 Å². The van der Waals surface area contributed by atoms with Crippen LogP contribution < -0.4 is 0 Å². The van der Waals surface area contributed by atoms with E-state index in [1.54, 1.807) is 0 Å². The van der Waals surface area contributed by atoms with Crippen LogP contribution in [-0.4, -0.2) is 16.7 Å². The first-order valence-electron chi connectivity index (χ1n) is 5.99. The number of carbonyl (C=O) groups is 1. The number of hydrogen-bond acceptors (Lipinski definition) is 4. The number of thioether (sulfide) groups is 1. The van der Waals surface area contributed by atoms with Gasteiger partial charge in [-0.25, -0.2) is 18.6 Å². The summed E-state index contributed by atoms with van der Waals surface area (Å²) in [5.41, 5.74) is -0.315. The number of pyridine rings is 1. The zero-order valence-electron chi connectivity index (χ0n) is 10.9. The van der Waals surface area contributed by atoms with E-state index in [1.165, 1.54) is 30.5 Å². The van der Waals surface area contributed by atoms with Crippen molar-refractivity contribution in [1.82, 2.24) is 4.98 Å². The number of carbonyl (C=O) groups excluding carboxylic acids is 1. The molecule has 0 aliphatic rings. The normalized spacial score (nSPS) is 10.8. The summed E-state index contributed by atoms with van der Waals surface area (Å²) in [4.78, 5) is 15.6. The molecular weight excluding hydrogens is 322 g/mol. The van der Waals surface area contributed by atoms with Gasteiger partial charge in [0.25, 0.3) is 5.76 Å². The number of hydrogen-bond donors (Lipinski definition) is 0. The Kier molecular flexibility index (Phi) is 5.37. The molecule has 116 valence electrons. The predicted molar refractivity (Wildman–Crippen MR) is 71.6 cm³/mol. The molecule has 0 unspecified atom stereocenters. The quantitative estimate of drug-likeness (QED) is 0.471. The van der Waals surface area contributed by atoms with Crippen molar-refractivity contribution in [2.75, 3.05) is 0 Å². The molecular formula is C14H9F4NO2S. The molecule has 0 aliphatic heterocycles. The van der Waals surface area contributed by atoms with Crippen LogP contribution in [0.2, 0.25) is 0 Å². The second-order valence-electron chi connectivity index (χ2n) is 4.02. The van der Waals surface area contributed by atoms with Gasteiger partial charge in [0.05, 0.1) is 5.56 Å². The van der Waals surface area contributed by atoms with Crippen LogP contribution in [0.5, 0.6) is 0 Å². The fraction of sp³-hybridized carbons (Fsp3) is 0.143. The van der Waals surface area contributed by atoms with Crippen LogP contribution in [0.15, 0.2) is 41.6 Å².